The van der Waals surface area contributed by atoms with E-state index in [1.165, 1.54) is 64.2 Å². The molecular formula is C20H35NO2. The van der Waals surface area contributed by atoms with Crippen LogP contribution < -0.4 is 5.48 Å². The number of para-hydroxylation sites is 2. The van der Waals surface area contributed by atoms with Crippen molar-refractivity contribution in [3.8, 4) is 5.75 Å². The number of nitrogens with one attached hydrogen (secondary N) is 1. The first-order valence-corrected chi connectivity index (χ1v) is 9.43. The van der Waals surface area contributed by atoms with Gasteiger partial charge in [-0.3, -0.25) is 10.3 Å². The lowest BCUT2D eigenvalue weighted by Gasteiger charge is -2.14. The Labute approximate surface area is 142 Å². The zero-order chi connectivity index (χ0) is 16.8. The number of unbranched alkanes of at least 4 members (excludes halogenated alkanes) is 9. The summed E-state index contributed by atoms with van der Waals surface area (Å²) in [6.45, 7) is 4.34. The lowest BCUT2D eigenvalue weighted by molar-refractivity contribution is 0.104. The van der Waals surface area contributed by atoms with Crippen molar-refractivity contribution in [3.05, 3.63) is 24.3 Å². The van der Waals surface area contributed by atoms with Crippen molar-refractivity contribution in [3.63, 3.8) is 0 Å². The predicted octanol–water partition coefficient (Wildman–Crippen LogP) is 6.44. The van der Waals surface area contributed by atoms with Crippen molar-refractivity contribution in [2.75, 3.05) is 5.48 Å². The molecule has 0 saturated heterocycles. The van der Waals surface area contributed by atoms with Gasteiger partial charge in [0.15, 0.2) is 0 Å². The quantitative estimate of drug-likeness (QED) is 0.235. The standard InChI is InChI=1S/C20H35NO2/c1-3-4-5-6-7-8-9-10-11-12-15-18(2)23-21-19-16-13-14-17-20(19)22/h13-14,16-18,21-22H,3-12,15H2,1-2H3. The van der Waals surface area contributed by atoms with E-state index in [2.05, 4.69) is 19.3 Å². The maximum atomic E-state index is 9.65. The van der Waals surface area contributed by atoms with E-state index in [9.17, 15) is 5.11 Å². The van der Waals surface area contributed by atoms with Crippen LogP contribution >= 0.6 is 0 Å². The summed E-state index contributed by atoms with van der Waals surface area (Å²) in [6.07, 6.45) is 14.8. The summed E-state index contributed by atoms with van der Waals surface area (Å²) < 4.78 is 0. The van der Waals surface area contributed by atoms with Crippen LogP contribution in [0.3, 0.4) is 0 Å². The first-order valence-electron chi connectivity index (χ1n) is 9.43. The molecule has 0 radical (unpaired) electrons. The fourth-order valence-electron chi connectivity index (χ4n) is 2.70. The van der Waals surface area contributed by atoms with E-state index < -0.39 is 0 Å². The van der Waals surface area contributed by atoms with Crippen molar-refractivity contribution < 1.29 is 9.94 Å². The lowest BCUT2D eigenvalue weighted by Crippen LogP contribution is -2.13. The normalized spacial score (nSPS) is 12.3. The Morgan fingerprint density at radius 2 is 1.48 bits per heavy atom. The van der Waals surface area contributed by atoms with Crippen molar-refractivity contribution in [2.24, 2.45) is 0 Å². The number of hydrogen-bond acceptors (Lipinski definition) is 3. The van der Waals surface area contributed by atoms with Crippen LogP contribution in [0.4, 0.5) is 5.69 Å². The molecule has 1 aromatic carbocycles. The van der Waals surface area contributed by atoms with E-state index in [1.807, 2.05) is 12.1 Å². The van der Waals surface area contributed by atoms with E-state index in [1.54, 1.807) is 12.1 Å². The summed E-state index contributed by atoms with van der Waals surface area (Å²) in [6, 6.07) is 7.13. The van der Waals surface area contributed by atoms with Gasteiger partial charge in [-0.2, -0.15) is 0 Å². The third-order valence-corrected chi connectivity index (χ3v) is 4.24. The van der Waals surface area contributed by atoms with E-state index in [-0.39, 0.29) is 11.9 Å². The van der Waals surface area contributed by atoms with Gasteiger partial charge in [-0.05, 0) is 25.5 Å². The van der Waals surface area contributed by atoms with Crippen LogP contribution in [0.1, 0.15) is 84.5 Å². The molecule has 0 aliphatic heterocycles. The fraction of sp³-hybridized carbons (Fsp3) is 0.700. The van der Waals surface area contributed by atoms with Crippen LogP contribution in [-0.2, 0) is 4.84 Å². The van der Waals surface area contributed by atoms with Crippen molar-refractivity contribution in [2.45, 2.75) is 90.6 Å². The highest BCUT2D eigenvalue weighted by Gasteiger charge is 2.04. The average molecular weight is 322 g/mol. The molecule has 0 amide bonds. The maximum Gasteiger partial charge on any atom is 0.140 e. The number of hydrogen-bond donors (Lipinski definition) is 2. The SMILES string of the molecule is CCCCCCCCCCCCC(C)ONc1ccccc1O. The Morgan fingerprint density at radius 3 is 2.09 bits per heavy atom. The van der Waals surface area contributed by atoms with Gasteiger partial charge < -0.3 is 5.11 Å². The van der Waals surface area contributed by atoms with Crippen LogP contribution in [0.15, 0.2) is 24.3 Å². The molecule has 23 heavy (non-hydrogen) atoms. The molecule has 1 unspecified atom stereocenters. The molecule has 1 atom stereocenters. The minimum absolute atomic E-state index is 0.156. The van der Waals surface area contributed by atoms with E-state index in [0.717, 1.165) is 6.42 Å². The van der Waals surface area contributed by atoms with E-state index >= 15 is 0 Å². The number of rotatable bonds is 14. The zero-order valence-electron chi connectivity index (χ0n) is 15.0. The van der Waals surface area contributed by atoms with Crippen molar-refractivity contribution in [1.82, 2.24) is 0 Å². The highest BCUT2D eigenvalue weighted by molar-refractivity contribution is 5.53. The van der Waals surface area contributed by atoms with Crippen LogP contribution in [0, 0.1) is 0 Å². The Hall–Kier alpha value is -1.22. The Morgan fingerprint density at radius 1 is 0.913 bits per heavy atom. The topological polar surface area (TPSA) is 41.5 Å². The molecule has 0 aliphatic rings. The monoisotopic (exact) mass is 321 g/mol. The number of phenolic OH excluding ortho intramolecular Hbond substituents is 1. The van der Waals surface area contributed by atoms with Crippen LogP contribution in [-0.4, -0.2) is 11.2 Å². The summed E-state index contributed by atoms with van der Waals surface area (Å²) in [5.74, 6) is 0.221. The third-order valence-electron chi connectivity index (χ3n) is 4.24. The molecule has 0 spiro atoms. The largest absolute Gasteiger partial charge is 0.506 e. The summed E-state index contributed by atoms with van der Waals surface area (Å²) in [5.41, 5.74) is 3.48. The zero-order valence-corrected chi connectivity index (χ0v) is 15.0. The minimum atomic E-state index is 0.156. The molecule has 0 aliphatic carbocycles. The minimum Gasteiger partial charge on any atom is -0.506 e. The van der Waals surface area contributed by atoms with Gasteiger partial charge >= 0.3 is 0 Å². The van der Waals surface area contributed by atoms with Crippen LogP contribution in [0.2, 0.25) is 0 Å². The van der Waals surface area contributed by atoms with Crippen molar-refractivity contribution in [1.29, 1.82) is 0 Å². The Bertz CT molecular complexity index is 395. The fourth-order valence-corrected chi connectivity index (χ4v) is 2.70. The molecule has 3 heteroatoms. The average Bonchev–Trinajstić information content (AvgIpc) is 2.56. The van der Waals surface area contributed by atoms with Gasteiger partial charge in [0.25, 0.3) is 0 Å². The molecule has 1 aromatic rings. The summed E-state index contributed by atoms with van der Waals surface area (Å²) in [5, 5.41) is 9.65. The van der Waals surface area contributed by atoms with Crippen molar-refractivity contribution >= 4 is 5.69 Å². The molecular weight excluding hydrogens is 286 g/mol. The van der Waals surface area contributed by atoms with E-state index in [0.29, 0.717) is 5.69 Å². The third kappa shape index (κ3) is 10.2. The molecule has 2 N–H and O–H groups in total. The number of anilines is 1. The van der Waals surface area contributed by atoms with Crippen LogP contribution in [0.5, 0.6) is 5.75 Å². The number of benzene rings is 1. The highest BCUT2D eigenvalue weighted by atomic mass is 16.7. The Balaban J connectivity index is 1.92. The van der Waals surface area contributed by atoms with Gasteiger partial charge in [0, 0.05) is 0 Å². The second kappa shape index (κ2) is 13.2. The van der Waals surface area contributed by atoms with Gasteiger partial charge in [0.05, 0.1) is 6.10 Å². The maximum absolute atomic E-state index is 9.65. The first-order chi connectivity index (χ1) is 11.2. The Kier molecular flexibility index (Phi) is 11.4. The summed E-state index contributed by atoms with van der Waals surface area (Å²) in [7, 11) is 0. The van der Waals surface area contributed by atoms with Gasteiger partial charge in [0.1, 0.15) is 11.4 Å². The van der Waals surface area contributed by atoms with Gasteiger partial charge in [-0.15, -0.1) is 0 Å². The lowest BCUT2D eigenvalue weighted by atomic mass is 10.1. The van der Waals surface area contributed by atoms with Gasteiger partial charge in [-0.25, -0.2) is 0 Å². The van der Waals surface area contributed by atoms with Gasteiger partial charge in [0.2, 0.25) is 0 Å². The van der Waals surface area contributed by atoms with E-state index in [4.69, 9.17) is 4.84 Å². The molecule has 0 aromatic heterocycles. The smallest absolute Gasteiger partial charge is 0.140 e. The molecule has 3 nitrogen and oxygen atoms in total. The molecule has 0 heterocycles. The van der Waals surface area contributed by atoms with Gasteiger partial charge in [-0.1, -0.05) is 83.3 Å². The first kappa shape index (κ1) is 19.8. The molecule has 0 bridgehead atoms. The van der Waals surface area contributed by atoms with Crippen LogP contribution in [0.25, 0.3) is 0 Å². The summed E-state index contributed by atoms with van der Waals surface area (Å²) in [4.78, 5) is 5.58. The second-order valence-electron chi connectivity index (χ2n) is 6.52. The molecule has 0 saturated carbocycles. The molecule has 0 fully saturated rings. The summed E-state index contributed by atoms with van der Waals surface area (Å²) >= 11 is 0. The highest BCUT2D eigenvalue weighted by Crippen LogP contribution is 2.22. The molecule has 132 valence electrons. The number of phenols is 1. The predicted molar refractivity (Wildman–Crippen MR) is 98.7 cm³/mol. The number of aromatic hydroxyl groups is 1. The molecule has 1 rings (SSSR count). The second-order valence-corrected chi connectivity index (χ2v) is 6.52.